The minimum Gasteiger partial charge on any atom is -0.480 e. The third-order valence-corrected chi connectivity index (χ3v) is 5.83. The van der Waals surface area contributed by atoms with Crippen molar-refractivity contribution in [1.29, 1.82) is 0 Å². The van der Waals surface area contributed by atoms with Crippen molar-refractivity contribution in [2.45, 2.75) is 76.5 Å². The first-order valence-corrected chi connectivity index (χ1v) is 13.4. The van der Waals surface area contributed by atoms with Crippen LogP contribution in [-0.4, -0.2) is 83.4 Å². The van der Waals surface area contributed by atoms with Gasteiger partial charge in [-0.15, -0.1) is 0 Å². The number of guanidine groups is 1. The molecule has 0 heterocycles. The minimum atomic E-state index is -1.20. The number of hydrogen-bond acceptors (Lipinski definition) is 8. The first-order valence-electron chi connectivity index (χ1n) is 12.0. The number of nitrogens with one attached hydrogen (secondary N) is 3. The van der Waals surface area contributed by atoms with E-state index in [4.69, 9.17) is 22.9 Å². The van der Waals surface area contributed by atoms with Crippen LogP contribution < -0.4 is 38.9 Å². The predicted octanol–water partition coefficient (Wildman–Crippen LogP) is -2.03. The van der Waals surface area contributed by atoms with Crippen LogP contribution >= 0.6 is 11.8 Å². The lowest BCUT2D eigenvalue weighted by atomic mass is 10.0. The molecule has 0 spiro atoms. The number of aliphatic carboxylic acids is 1. The van der Waals surface area contributed by atoms with Crippen LogP contribution in [0.3, 0.4) is 0 Å². The Bertz CT molecular complexity index is 806. The van der Waals surface area contributed by atoms with E-state index in [2.05, 4.69) is 20.9 Å². The number of nitrogens with zero attached hydrogens (tertiary/aromatic N) is 1. The number of nitrogens with two attached hydrogens (primary N) is 4. The summed E-state index contributed by atoms with van der Waals surface area (Å²) >= 11 is 1.44. The van der Waals surface area contributed by atoms with Crippen molar-refractivity contribution in [1.82, 2.24) is 16.0 Å². The Kier molecular flexibility index (Phi) is 16.7. The first kappa shape index (κ1) is 33.9. The van der Waals surface area contributed by atoms with Crippen molar-refractivity contribution in [3.63, 3.8) is 0 Å². The molecule has 37 heavy (non-hydrogen) atoms. The molecule has 12 N–H and O–H groups in total. The van der Waals surface area contributed by atoms with Gasteiger partial charge in [0.05, 0.1) is 6.04 Å². The summed E-state index contributed by atoms with van der Waals surface area (Å²) < 4.78 is 0. The second kappa shape index (κ2) is 18.2. The normalized spacial score (nSPS) is 14.1. The second-order valence-electron chi connectivity index (χ2n) is 8.99. The zero-order valence-electron chi connectivity index (χ0n) is 21.7. The average Bonchev–Trinajstić information content (AvgIpc) is 2.80. The molecule has 0 radical (unpaired) electrons. The lowest BCUT2D eigenvalue weighted by molar-refractivity contribution is -0.142. The van der Waals surface area contributed by atoms with Gasteiger partial charge >= 0.3 is 5.97 Å². The molecule has 0 bridgehead atoms. The molecule has 15 heteroatoms. The van der Waals surface area contributed by atoms with E-state index < -0.39 is 53.8 Å². The number of aliphatic imine (C=N–C) groups is 1. The lowest BCUT2D eigenvalue weighted by Crippen LogP contribution is -2.57. The van der Waals surface area contributed by atoms with Crippen molar-refractivity contribution in [2.24, 2.45) is 33.8 Å². The van der Waals surface area contributed by atoms with Gasteiger partial charge in [-0.3, -0.25) is 24.2 Å². The molecule has 0 aromatic rings. The summed E-state index contributed by atoms with van der Waals surface area (Å²) in [6.07, 6.45) is 2.58. The molecule has 0 saturated carbocycles. The molecule has 212 valence electrons. The van der Waals surface area contributed by atoms with E-state index in [0.717, 1.165) is 0 Å². The molecule has 4 atom stereocenters. The van der Waals surface area contributed by atoms with Gasteiger partial charge in [0.25, 0.3) is 0 Å². The molecule has 0 aromatic carbocycles. The van der Waals surface area contributed by atoms with Crippen LogP contribution in [0.5, 0.6) is 0 Å². The fourth-order valence-electron chi connectivity index (χ4n) is 3.23. The highest BCUT2D eigenvalue weighted by atomic mass is 32.2. The topological polar surface area (TPSA) is 258 Å². The van der Waals surface area contributed by atoms with E-state index in [1.54, 1.807) is 0 Å². The van der Waals surface area contributed by atoms with Crippen LogP contribution in [0.4, 0.5) is 0 Å². The summed E-state index contributed by atoms with van der Waals surface area (Å²) in [5.41, 5.74) is 21.6. The zero-order valence-corrected chi connectivity index (χ0v) is 22.5. The molecule has 0 saturated heterocycles. The molecule has 4 amide bonds. The number of amides is 4. The first-order chi connectivity index (χ1) is 17.3. The maximum absolute atomic E-state index is 13.1. The molecule has 14 nitrogen and oxygen atoms in total. The number of hydrogen-bond donors (Lipinski definition) is 8. The Hall–Kier alpha value is -3.07. The van der Waals surface area contributed by atoms with Gasteiger partial charge in [0.15, 0.2) is 5.96 Å². The van der Waals surface area contributed by atoms with E-state index in [9.17, 15) is 29.1 Å². The number of carbonyl (C=O) groups is 5. The third-order valence-electron chi connectivity index (χ3n) is 5.18. The number of primary amides is 1. The van der Waals surface area contributed by atoms with Gasteiger partial charge in [0.1, 0.15) is 18.1 Å². The summed E-state index contributed by atoms with van der Waals surface area (Å²) in [7, 11) is 0. The Morgan fingerprint density at radius 2 is 1.43 bits per heavy atom. The fourth-order valence-corrected chi connectivity index (χ4v) is 3.70. The molecular weight excluding hydrogens is 504 g/mol. The fraction of sp³-hybridized carbons (Fsp3) is 0.727. The molecule has 0 rings (SSSR count). The van der Waals surface area contributed by atoms with Crippen LogP contribution in [0, 0.1) is 5.92 Å². The van der Waals surface area contributed by atoms with E-state index in [-0.39, 0.29) is 50.5 Å². The summed E-state index contributed by atoms with van der Waals surface area (Å²) in [6, 6.07) is -4.35. The van der Waals surface area contributed by atoms with Crippen molar-refractivity contribution in [2.75, 3.05) is 18.6 Å². The molecular formula is C22H42N8O6S. The van der Waals surface area contributed by atoms with Crippen LogP contribution in [0.25, 0.3) is 0 Å². The molecule has 0 fully saturated rings. The third kappa shape index (κ3) is 15.6. The number of carboxylic acid groups (broad SMARTS) is 1. The Balaban J connectivity index is 5.46. The summed E-state index contributed by atoms with van der Waals surface area (Å²) in [5, 5.41) is 17.0. The van der Waals surface area contributed by atoms with E-state index in [0.29, 0.717) is 12.2 Å². The number of rotatable bonds is 19. The van der Waals surface area contributed by atoms with Crippen LogP contribution in [0.15, 0.2) is 4.99 Å². The van der Waals surface area contributed by atoms with E-state index in [1.807, 2.05) is 20.1 Å². The quantitative estimate of drug-likeness (QED) is 0.0500. The molecule has 0 aliphatic rings. The highest BCUT2D eigenvalue weighted by Gasteiger charge is 2.30. The highest BCUT2D eigenvalue weighted by molar-refractivity contribution is 7.98. The number of carbonyl (C=O) groups excluding carboxylic acids is 4. The van der Waals surface area contributed by atoms with Gasteiger partial charge in [-0.1, -0.05) is 13.8 Å². The number of carboxylic acids is 1. The van der Waals surface area contributed by atoms with Crippen LogP contribution in [0.2, 0.25) is 0 Å². The highest BCUT2D eigenvalue weighted by Crippen LogP contribution is 2.09. The summed E-state index contributed by atoms with van der Waals surface area (Å²) in [6.45, 7) is 3.94. The van der Waals surface area contributed by atoms with Gasteiger partial charge in [0, 0.05) is 13.0 Å². The van der Waals surface area contributed by atoms with Gasteiger partial charge in [0.2, 0.25) is 23.6 Å². The van der Waals surface area contributed by atoms with Crippen molar-refractivity contribution >= 4 is 47.3 Å². The number of thioether (sulfide) groups is 1. The largest absolute Gasteiger partial charge is 0.480 e. The maximum Gasteiger partial charge on any atom is 0.326 e. The molecule has 0 aromatic heterocycles. The van der Waals surface area contributed by atoms with Gasteiger partial charge in [-0.25, -0.2) is 4.79 Å². The smallest absolute Gasteiger partial charge is 0.326 e. The Morgan fingerprint density at radius 1 is 0.865 bits per heavy atom. The standard InChI is InChI=1S/C22H42N8O6S/c1-12(2)11-16(20(34)29-15(21(35)36)8-10-37-3)30-19(33)14(6-7-17(24)31)28-18(32)13(23)5-4-9-27-22(25)26/h12-16H,4-11,23H2,1-3H3,(H2,24,31)(H,28,32)(H,29,34)(H,30,33)(H,35,36)(H4,25,26,27). The van der Waals surface area contributed by atoms with E-state index in [1.165, 1.54) is 11.8 Å². The van der Waals surface area contributed by atoms with Gasteiger partial charge < -0.3 is 44.0 Å². The predicted molar refractivity (Wildman–Crippen MR) is 142 cm³/mol. The van der Waals surface area contributed by atoms with Gasteiger partial charge in [-0.2, -0.15) is 11.8 Å². The lowest BCUT2D eigenvalue weighted by Gasteiger charge is -2.26. The SMILES string of the molecule is CSCCC(NC(=O)C(CC(C)C)NC(=O)C(CCC(N)=O)NC(=O)C(N)CCCN=C(N)N)C(=O)O. The average molecular weight is 547 g/mol. The monoisotopic (exact) mass is 546 g/mol. The van der Waals surface area contributed by atoms with Gasteiger partial charge in [-0.05, 0) is 50.0 Å². The zero-order chi connectivity index (χ0) is 28.5. The molecule has 0 aliphatic carbocycles. The van der Waals surface area contributed by atoms with Crippen molar-refractivity contribution in [3.05, 3.63) is 0 Å². The maximum atomic E-state index is 13.1. The minimum absolute atomic E-state index is 0.0252. The molecule has 4 unspecified atom stereocenters. The second-order valence-corrected chi connectivity index (χ2v) is 9.98. The van der Waals surface area contributed by atoms with Crippen LogP contribution in [-0.2, 0) is 24.0 Å². The van der Waals surface area contributed by atoms with E-state index >= 15 is 0 Å². The summed E-state index contributed by atoms with van der Waals surface area (Å²) in [4.78, 5) is 65.2. The van der Waals surface area contributed by atoms with Crippen LogP contribution in [0.1, 0.15) is 52.4 Å². The Morgan fingerprint density at radius 3 is 1.95 bits per heavy atom. The Labute approximate surface area is 221 Å². The van der Waals surface area contributed by atoms with Crippen molar-refractivity contribution in [3.8, 4) is 0 Å². The molecule has 0 aliphatic heterocycles. The van der Waals surface area contributed by atoms with Crippen molar-refractivity contribution < 1.29 is 29.1 Å². The summed E-state index contributed by atoms with van der Waals surface area (Å²) in [5.74, 6) is -3.47.